The van der Waals surface area contributed by atoms with Crippen LogP contribution in [0.15, 0.2) is 88.3 Å². The van der Waals surface area contributed by atoms with Crippen molar-refractivity contribution in [2.45, 2.75) is 30.7 Å². The zero-order valence-corrected chi connectivity index (χ0v) is 18.5. The van der Waals surface area contributed by atoms with Crippen molar-refractivity contribution >= 4 is 17.7 Å². The average molecular weight is 446 g/mol. The van der Waals surface area contributed by atoms with Crippen LogP contribution in [0.25, 0.3) is 0 Å². The quantitative estimate of drug-likeness (QED) is 0.358. The lowest BCUT2D eigenvalue weighted by atomic mass is 10.1. The number of nitrogens with one attached hydrogen (secondary N) is 1. The fourth-order valence-corrected chi connectivity index (χ4v) is 4.01. The van der Waals surface area contributed by atoms with E-state index in [0.29, 0.717) is 36.2 Å². The van der Waals surface area contributed by atoms with Crippen LogP contribution in [-0.4, -0.2) is 16.0 Å². The molecule has 0 aliphatic carbocycles. The maximum Gasteiger partial charge on any atom is 0.252 e. The number of rotatable bonds is 9. The number of para-hydroxylation sites is 1. The van der Waals surface area contributed by atoms with Crippen LogP contribution in [0.1, 0.15) is 33.2 Å². The van der Waals surface area contributed by atoms with Crippen LogP contribution in [0.2, 0.25) is 0 Å². The van der Waals surface area contributed by atoms with Gasteiger partial charge in [0.05, 0.1) is 11.3 Å². The summed E-state index contributed by atoms with van der Waals surface area (Å²) in [5.74, 6) is 2.38. The first-order chi connectivity index (χ1) is 15.7. The van der Waals surface area contributed by atoms with Crippen LogP contribution in [0.3, 0.4) is 0 Å². The number of aryl methyl sites for hydroxylation is 1. The minimum atomic E-state index is -0.122. The Hall–Kier alpha value is -3.58. The van der Waals surface area contributed by atoms with Gasteiger partial charge in [-0.1, -0.05) is 59.8 Å². The molecule has 3 aromatic carbocycles. The zero-order chi connectivity index (χ0) is 22.2. The molecule has 0 aliphatic heterocycles. The molecule has 1 aromatic heterocycles. The number of carbonyl (C=O) groups is 1. The van der Waals surface area contributed by atoms with E-state index >= 15 is 0 Å². The van der Waals surface area contributed by atoms with E-state index in [1.165, 1.54) is 11.8 Å². The summed E-state index contributed by atoms with van der Waals surface area (Å²) >= 11 is 1.51. The highest BCUT2D eigenvalue weighted by Crippen LogP contribution is 2.25. The largest absolute Gasteiger partial charge is 0.489 e. The number of carbonyl (C=O) groups excluding carboxylic acids is 1. The first-order valence-corrected chi connectivity index (χ1v) is 11.2. The lowest BCUT2D eigenvalue weighted by Gasteiger charge is -2.11. The number of ether oxygens (including phenoxy) is 1. The molecule has 0 spiro atoms. The van der Waals surface area contributed by atoms with Gasteiger partial charge in [0.2, 0.25) is 5.89 Å². The molecule has 0 unspecified atom stereocenters. The van der Waals surface area contributed by atoms with Crippen molar-refractivity contribution in [3.8, 4) is 5.75 Å². The fraction of sp³-hybridized carbons (Fsp3) is 0.160. The Balaban J connectivity index is 1.34. The van der Waals surface area contributed by atoms with Gasteiger partial charge in [0.1, 0.15) is 12.4 Å². The summed E-state index contributed by atoms with van der Waals surface area (Å²) in [6.45, 7) is 2.66. The number of hydrogen-bond acceptors (Lipinski definition) is 6. The van der Waals surface area contributed by atoms with Crippen LogP contribution in [0, 0.1) is 6.92 Å². The summed E-state index contributed by atoms with van der Waals surface area (Å²) in [5.41, 5.74) is 2.69. The van der Waals surface area contributed by atoms with E-state index in [0.717, 1.165) is 21.8 Å². The van der Waals surface area contributed by atoms with Crippen LogP contribution in [0.4, 0.5) is 0 Å². The molecule has 0 atom stereocenters. The third-order valence-corrected chi connectivity index (χ3v) is 5.72. The lowest BCUT2D eigenvalue weighted by molar-refractivity contribution is 0.0948. The summed E-state index contributed by atoms with van der Waals surface area (Å²) in [6.07, 6.45) is 0. The van der Waals surface area contributed by atoms with Gasteiger partial charge in [-0.25, -0.2) is 0 Å². The highest BCUT2D eigenvalue weighted by atomic mass is 32.2. The second kappa shape index (κ2) is 10.6. The van der Waals surface area contributed by atoms with E-state index in [4.69, 9.17) is 9.26 Å². The Morgan fingerprint density at radius 2 is 1.78 bits per heavy atom. The second-order valence-electron chi connectivity index (χ2n) is 7.12. The van der Waals surface area contributed by atoms with Crippen LogP contribution < -0.4 is 10.1 Å². The van der Waals surface area contributed by atoms with Gasteiger partial charge in [-0.2, -0.15) is 4.98 Å². The summed E-state index contributed by atoms with van der Waals surface area (Å²) < 4.78 is 10.8. The van der Waals surface area contributed by atoms with Gasteiger partial charge in [0.25, 0.3) is 5.91 Å². The predicted molar refractivity (Wildman–Crippen MR) is 123 cm³/mol. The molecule has 0 aliphatic rings. The van der Waals surface area contributed by atoms with Gasteiger partial charge < -0.3 is 14.6 Å². The SMILES string of the molecule is Cc1nc(CSc2ccccc2C(=O)NCc2cccc(COc3ccccc3)c2)no1. The molecule has 32 heavy (non-hydrogen) atoms. The molecule has 6 nitrogen and oxygen atoms in total. The fourth-order valence-electron chi connectivity index (χ4n) is 3.11. The van der Waals surface area contributed by atoms with Gasteiger partial charge in [-0.05, 0) is 35.4 Å². The van der Waals surface area contributed by atoms with Crippen molar-refractivity contribution in [1.82, 2.24) is 15.5 Å². The number of benzene rings is 3. The molecule has 0 saturated heterocycles. The molecular weight excluding hydrogens is 422 g/mol. The van der Waals surface area contributed by atoms with Crippen molar-refractivity contribution in [3.05, 3.63) is 107 Å². The number of amides is 1. The van der Waals surface area contributed by atoms with E-state index in [2.05, 4.69) is 15.5 Å². The third-order valence-electron chi connectivity index (χ3n) is 4.65. The molecule has 4 aromatic rings. The number of nitrogens with zero attached hydrogens (tertiary/aromatic N) is 2. The molecule has 0 fully saturated rings. The molecule has 162 valence electrons. The Morgan fingerprint density at radius 1 is 1.00 bits per heavy atom. The second-order valence-corrected chi connectivity index (χ2v) is 8.14. The molecule has 1 heterocycles. The molecule has 0 bridgehead atoms. The summed E-state index contributed by atoms with van der Waals surface area (Å²) in [5, 5.41) is 6.92. The average Bonchev–Trinajstić information content (AvgIpc) is 3.26. The van der Waals surface area contributed by atoms with Gasteiger partial charge in [-0.15, -0.1) is 11.8 Å². The molecule has 0 saturated carbocycles. The lowest BCUT2D eigenvalue weighted by Crippen LogP contribution is -2.23. The minimum Gasteiger partial charge on any atom is -0.489 e. The van der Waals surface area contributed by atoms with E-state index in [1.54, 1.807) is 6.92 Å². The van der Waals surface area contributed by atoms with Crippen molar-refractivity contribution in [3.63, 3.8) is 0 Å². The summed E-state index contributed by atoms with van der Waals surface area (Å²) in [4.78, 5) is 17.9. The Morgan fingerprint density at radius 3 is 2.59 bits per heavy atom. The molecule has 0 radical (unpaired) electrons. The normalized spacial score (nSPS) is 10.7. The van der Waals surface area contributed by atoms with E-state index in [1.807, 2.05) is 78.9 Å². The van der Waals surface area contributed by atoms with Crippen LogP contribution in [0.5, 0.6) is 5.75 Å². The van der Waals surface area contributed by atoms with Crippen molar-refractivity contribution in [1.29, 1.82) is 0 Å². The van der Waals surface area contributed by atoms with Crippen molar-refractivity contribution in [2.75, 3.05) is 0 Å². The summed E-state index contributed by atoms with van der Waals surface area (Å²) in [6, 6.07) is 25.3. The van der Waals surface area contributed by atoms with Gasteiger partial charge in [0, 0.05) is 18.4 Å². The Kier molecular flexibility index (Phi) is 7.19. The maximum absolute atomic E-state index is 12.9. The predicted octanol–water partition coefficient (Wildman–Crippen LogP) is 5.18. The topological polar surface area (TPSA) is 77.2 Å². The van der Waals surface area contributed by atoms with Gasteiger partial charge in [-0.3, -0.25) is 4.79 Å². The molecule has 7 heteroatoms. The maximum atomic E-state index is 12.9. The highest BCUT2D eigenvalue weighted by molar-refractivity contribution is 7.98. The Labute approximate surface area is 191 Å². The minimum absolute atomic E-state index is 0.122. The molecule has 4 rings (SSSR count). The number of thioether (sulfide) groups is 1. The van der Waals surface area contributed by atoms with E-state index in [-0.39, 0.29) is 5.91 Å². The molecular formula is C25H23N3O3S. The highest BCUT2D eigenvalue weighted by Gasteiger charge is 2.13. The van der Waals surface area contributed by atoms with Crippen molar-refractivity contribution < 1.29 is 14.1 Å². The standard InChI is InChI=1S/C25H23N3O3S/c1-18-27-24(28-31-18)17-32-23-13-6-5-12-22(23)25(29)26-15-19-8-7-9-20(14-19)16-30-21-10-3-2-4-11-21/h2-14H,15-17H2,1H3,(H,26,29). The van der Waals surface area contributed by atoms with E-state index < -0.39 is 0 Å². The smallest absolute Gasteiger partial charge is 0.252 e. The monoisotopic (exact) mass is 445 g/mol. The van der Waals surface area contributed by atoms with E-state index in [9.17, 15) is 4.79 Å². The number of hydrogen-bond donors (Lipinski definition) is 1. The van der Waals surface area contributed by atoms with Crippen LogP contribution >= 0.6 is 11.8 Å². The number of aromatic nitrogens is 2. The molecule has 1 N–H and O–H groups in total. The van der Waals surface area contributed by atoms with Crippen molar-refractivity contribution in [2.24, 2.45) is 0 Å². The van der Waals surface area contributed by atoms with Gasteiger partial charge >= 0.3 is 0 Å². The van der Waals surface area contributed by atoms with Crippen LogP contribution in [-0.2, 0) is 18.9 Å². The third kappa shape index (κ3) is 5.98. The van der Waals surface area contributed by atoms with Gasteiger partial charge in [0.15, 0.2) is 5.82 Å². The first kappa shape index (κ1) is 21.6. The first-order valence-electron chi connectivity index (χ1n) is 10.2. The molecule has 1 amide bonds. The summed E-state index contributed by atoms with van der Waals surface area (Å²) in [7, 11) is 0. The zero-order valence-electron chi connectivity index (χ0n) is 17.7. The Bertz CT molecular complexity index is 1180.